The maximum atomic E-state index is 12.0. The lowest BCUT2D eigenvalue weighted by molar-refractivity contribution is -0.130. The van der Waals surface area contributed by atoms with Gasteiger partial charge < -0.3 is 4.90 Å². The minimum Gasteiger partial charge on any atom is -0.321 e. The zero-order chi connectivity index (χ0) is 11.7. The molecular weight excluding hydrogens is 220 g/mol. The molecule has 0 radical (unpaired) electrons. The van der Waals surface area contributed by atoms with Crippen molar-refractivity contribution in [3.63, 3.8) is 0 Å². The summed E-state index contributed by atoms with van der Waals surface area (Å²) >= 11 is 1.67. The molecule has 1 aromatic rings. The van der Waals surface area contributed by atoms with Gasteiger partial charge in [0.25, 0.3) is 0 Å². The molecule has 0 spiro atoms. The van der Waals surface area contributed by atoms with Gasteiger partial charge in [-0.05, 0) is 35.2 Å². The zero-order valence-electron chi connectivity index (χ0n) is 9.93. The van der Waals surface area contributed by atoms with E-state index in [9.17, 15) is 4.79 Å². The highest BCUT2D eigenvalue weighted by Crippen LogP contribution is 2.27. The molecule has 88 valence electrons. The van der Waals surface area contributed by atoms with Crippen molar-refractivity contribution in [3.05, 3.63) is 22.4 Å². The molecule has 3 nitrogen and oxygen atoms in total. The second-order valence-corrected chi connectivity index (χ2v) is 5.51. The van der Waals surface area contributed by atoms with E-state index in [1.165, 1.54) is 5.56 Å². The highest BCUT2D eigenvalue weighted by Gasteiger charge is 2.37. The molecule has 2 heterocycles. The molecule has 16 heavy (non-hydrogen) atoms. The number of nitrogens with zero attached hydrogens (tertiary/aromatic N) is 1. The van der Waals surface area contributed by atoms with Crippen LogP contribution in [0.2, 0.25) is 0 Å². The highest BCUT2D eigenvalue weighted by molar-refractivity contribution is 7.07. The first-order valence-corrected chi connectivity index (χ1v) is 6.62. The molecule has 1 fully saturated rings. The van der Waals surface area contributed by atoms with Gasteiger partial charge in [0.15, 0.2) is 0 Å². The smallest absolute Gasteiger partial charge is 0.241 e. The van der Waals surface area contributed by atoms with Crippen LogP contribution in [0.1, 0.15) is 32.5 Å². The minimum absolute atomic E-state index is 0.0659. The summed E-state index contributed by atoms with van der Waals surface area (Å²) in [6, 6.07) is 2.02. The summed E-state index contributed by atoms with van der Waals surface area (Å²) in [6.07, 6.45) is 0.0659. The van der Waals surface area contributed by atoms with Gasteiger partial charge in [-0.1, -0.05) is 13.8 Å². The molecule has 2 atom stereocenters. The van der Waals surface area contributed by atoms with Crippen LogP contribution in [-0.4, -0.2) is 23.4 Å². The minimum atomic E-state index is -0.0661. The molecule has 0 aliphatic carbocycles. The van der Waals surface area contributed by atoms with E-state index in [4.69, 9.17) is 0 Å². The molecule has 2 rings (SSSR count). The van der Waals surface area contributed by atoms with Crippen molar-refractivity contribution >= 4 is 17.2 Å². The fourth-order valence-electron chi connectivity index (χ4n) is 2.07. The Morgan fingerprint density at radius 2 is 2.31 bits per heavy atom. The summed E-state index contributed by atoms with van der Waals surface area (Å²) in [6.45, 7) is 7.03. The molecule has 1 saturated heterocycles. The quantitative estimate of drug-likeness (QED) is 0.875. The van der Waals surface area contributed by atoms with Crippen molar-refractivity contribution in [1.82, 2.24) is 10.2 Å². The van der Waals surface area contributed by atoms with E-state index in [1.54, 1.807) is 11.3 Å². The Morgan fingerprint density at radius 1 is 1.56 bits per heavy atom. The third-order valence-corrected chi connectivity index (χ3v) is 3.50. The number of hydrogen-bond acceptors (Lipinski definition) is 3. The second-order valence-electron chi connectivity index (χ2n) is 4.73. The van der Waals surface area contributed by atoms with Crippen LogP contribution in [0.3, 0.4) is 0 Å². The Hall–Kier alpha value is -0.870. The van der Waals surface area contributed by atoms with Crippen LogP contribution in [0, 0.1) is 5.92 Å². The number of nitrogens with one attached hydrogen (secondary N) is 1. The first-order valence-electron chi connectivity index (χ1n) is 5.68. The van der Waals surface area contributed by atoms with Crippen LogP contribution in [0.5, 0.6) is 0 Å². The van der Waals surface area contributed by atoms with Crippen LogP contribution in [0.25, 0.3) is 0 Å². The Morgan fingerprint density at radius 3 is 2.88 bits per heavy atom. The maximum absolute atomic E-state index is 12.0. The summed E-state index contributed by atoms with van der Waals surface area (Å²) < 4.78 is 0. The van der Waals surface area contributed by atoms with Gasteiger partial charge in [0.05, 0.1) is 6.04 Å². The van der Waals surface area contributed by atoms with Crippen molar-refractivity contribution in [2.24, 2.45) is 5.92 Å². The van der Waals surface area contributed by atoms with E-state index in [2.05, 4.69) is 36.0 Å². The van der Waals surface area contributed by atoms with Gasteiger partial charge >= 0.3 is 0 Å². The molecule has 1 aromatic heterocycles. The molecule has 1 aliphatic heterocycles. The molecule has 1 amide bonds. The highest BCUT2D eigenvalue weighted by atomic mass is 32.1. The third-order valence-electron chi connectivity index (χ3n) is 2.79. The Labute approximate surface area is 100 Å². The van der Waals surface area contributed by atoms with Crippen molar-refractivity contribution in [3.8, 4) is 0 Å². The van der Waals surface area contributed by atoms with Crippen molar-refractivity contribution in [2.45, 2.75) is 33.0 Å². The summed E-state index contributed by atoms with van der Waals surface area (Å²) in [5, 5.41) is 7.51. The van der Waals surface area contributed by atoms with Crippen LogP contribution in [-0.2, 0) is 4.79 Å². The molecule has 1 aliphatic rings. The molecule has 2 unspecified atom stereocenters. The zero-order valence-corrected chi connectivity index (χ0v) is 10.8. The monoisotopic (exact) mass is 238 g/mol. The van der Waals surface area contributed by atoms with E-state index in [1.807, 2.05) is 11.8 Å². The molecule has 0 bridgehead atoms. The Kier molecular flexibility index (Phi) is 3.30. The summed E-state index contributed by atoms with van der Waals surface area (Å²) in [5.41, 5.74) is 1.20. The standard InChI is InChI=1S/C12H18N2OS/c1-8(2)6-14-11(10-4-5-16-7-10)13-9(3)12(14)15/h4-5,7-9,11,13H,6H2,1-3H3. The number of rotatable bonds is 3. The molecule has 4 heteroatoms. The summed E-state index contributed by atoms with van der Waals surface area (Å²) in [4.78, 5) is 14.0. The second kappa shape index (κ2) is 4.55. The lowest BCUT2D eigenvalue weighted by atomic mass is 10.2. The average molecular weight is 238 g/mol. The lowest BCUT2D eigenvalue weighted by Gasteiger charge is -2.25. The van der Waals surface area contributed by atoms with Gasteiger partial charge in [0, 0.05) is 6.54 Å². The third kappa shape index (κ3) is 2.13. The summed E-state index contributed by atoms with van der Waals surface area (Å²) in [7, 11) is 0. The fraction of sp³-hybridized carbons (Fsp3) is 0.583. The van der Waals surface area contributed by atoms with Crippen molar-refractivity contribution < 1.29 is 4.79 Å². The Bertz CT molecular complexity index is 361. The maximum Gasteiger partial charge on any atom is 0.241 e. The van der Waals surface area contributed by atoms with Crippen molar-refractivity contribution in [1.29, 1.82) is 0 Å². The first kappa shape index (κ1) is 11.6. The number of thiophene rings is 1. The molecule has 0 saturated carbocycles. The molecule has 1 N–H and O–H groups in total. The van der Waals surface area contributed by atoms with E-state index >= 15 is 0 Å². The van der Waals surface area contributed by atoms with Gasteiger partial charge in [0.2, 0.25) is 5.91 Å². The van der Waals surface area contributed by atoms with Crippen molar-refractivity contribution in [2.75, 3.05) is 6.54 Å². The number of amides is 1. The van der Waals surface area contributed by atoms with E-state index < -0.39 is 0 Å². The van der Waals surface area contributed by atoms with Gasteiger partial charge in [-0.25, -0.2) is 0 Å². The molecular formula is C12H18N2OS. The predicted molar refractivity (Wildman–Crippen MR) is 66.2 cm³/mol. The summed E-state index contributed by atoms with van der Waals surface area (Å²) in [5.74, 6) is 0.710. The van der Waals surface area contributed by atoms with Crippen LogP contribution in [0.4, 0.5) is 0 Å². The SMILES string of the molecule is CC(C)CN1C(=O)C(C)NC1c1ccsc1. The van der Waals surface area contributed by atoms with Crippen LogP contribution < -0.4 is 5.32 Å². The van der Waals surface area contributed by atoms with Gasteiger partial charge in [-0.2, -0.15) is 11.3 Å². The van der Waals surface area contributed by atoms with Gasteiger partial charge in [0.1, 0.15) is 6.17 Å². The lowest BCUT2D eigenvalue weighted by Crippen LogP contribution is -2.33. The van der Waals surface area contributed by atoms with Crippen LogP contribution in [0.15, 0.2) is 16.8 Å². The van der Waals surface area contributed by atoms with Gasteiger partial charge in [-0.3, -0.25) is 10.1 Å². The first-order chi connectivity index (χ1) is 7.59. The fourth-order valence-corrected chi connectivity index (χ4v) is 2.75. The normalized spacial score (nSPS) is 25.8. The number of carbonyl (C=O) groups is 1. The van der Waals surface area contributed by atoms with E-state index in [0.717, 1.165) is 6.54 Å². The average Bonchev–Trinajstić information content (AvgIpc) is 2.81. The largest absolute Gasteiger partial charge is 0.321 e. The van der Waals surface area contributed by atoms with Crippen LogP contribution >= 0.6 is 11.3 Å². The van der Waals surface area contributed by atoms with E-state index in [-0.39, 0.29) is 18.1 Å². The number of carbonyl (C=O) groups excluding carboxylic acids is 1. The predicted octanol–water partition coefficient (Wildman–Crippen LogP) is 2.22. The van der Waals surface area contributed by atoms with Gasteiger partial charge in [-0.15, -0.1) is 0 Å². The Balaban J connectivity index is 2.20. The topological polar surface area (TPSA) is 32.3 Å². The van der Waals surface area contributed by atoms with E-state index in [0.29, 0.717) is 5.92 Å². The molecule has 0 aromatic carbocycles. The number of hydrogen-bond donors (Lipinski definition) is 1.